The predicted molar refractivity (Wildman–Crippen MR) is 129 cm³/mol. The molecule has 8 heteroatoms. The SMILES string of the molecule is CC(C)C[C@@H](C(=O)NN)[C@H](C(=O)NO)C(/C=C/c1ccccc1)(CC(C)C)C(=O)c1ccoc1. The van der Waals surface area contributed by atoms with Gasteiger partial charge >= 0.3 is 0 Å². The molecule has 3 atom stereocenters. The van der Waals surface area contributed by atoms with Gasteiger partial charge in [0.25, 0.3) is 0 Å². The van der Waals surface area contributed by atoms with E-state index in [1.807, 2.05) is 58.0 Å². The number of hydroxylamine groups is 1. The molecule has 0 saturated carbocycles. The first-order chi connectivity index (χ1) is 16.2. The number of furan rings is 1. The fourth-order valence-corrected chi connectivity index (χ4v) is 4.61. The molecule has 0 aliphatic rings. The zero-order valence-corrected chi connectivity index (χ0v) is 20.2. The van der Waals surface area contributed by atoms with Gasteiger partial charge in [-0.15, -0.1) is 0 Å². The summed E-state index contributed by atoms with van der Waals surface area (Å²) in [5.74, 6) is 1.46. The lowest BCUT2D eigenvalue weighted by Gasteiger charge is -2.41. The number of ketones is 1. The van der Waals surface area contributed by atoms with Gasteiger partial charge in [-0.2, -0.15) is 0 Å². The molecule has 5 N–H and O–H groups in total. The Morgan fingerprint density at radius 3 is 2.24 bits per heavy atom. The van der Waals surface area contributed by atoms with E-state index >= 15 is 0 Å². The van der Waals surface area contributed by atoms with Gasteiger partial charge in [-0.1, -0.05) is 70.2 Å². The molecule has 2 rings (SSSR count). The van der Waals surface area contributed by atoms with Crippen LogP contribution in [0.4, 0.5) is 0 Å². The topological polar surface area (TPSA) is 135 Å². The second-order valence-electron chi connectivity index (χ2n) is 9.42. The van der Waals surface area contributed by atoms with E-state index in [1.165, 1.54) is 18.6 Å². The van der Waals surface area contributed by atoms with E-state index in [9.17, 15) is 19.6 Å². The fraction of sp³-hybridized carbons (Fsp3) is 0.423. The van der Waals surface area contributed by atoms with E-state index in [-0.39, 0.29) is 36.0 Å². The van der Waals surface area contributed by atoms with E-state index < -0.39 is 29.1 Å². The van der Waals surface area contributed by atoms with Crippen molar-refractivity contribution < 1.29 is 24.0 Å². The third-order valence-electron chi connectivity index (χ3n) is 5.88. The summed E-state index contributed by atoms with van der Waals surface area (Å²) in [6.45, 7) is 7.68. The van der Waals surface area contributed by atoms with Crippen LogP contribution in [-0.4, -0.2) is 22.8 Å². The largest absolute Gasteiger partial charge is 0.472 e. The maximum atomic E-state index is 14.1. The zero-order valence-electron chi connectivity index (χ0n) is 20.2. The van der Waals surface area contributed by atoms with Crippen LogP contribution in [-0.2, 0) is 9.59 Å². The molecule has 1 heterocycles. The van der Waals surface area contributed by atoms with Crippen LogP contribution in [0.2, 0.25) is 0 Å². The van der Waals surface area contributed by atoms with Gasteiger partial charge in [0.15, 0.2) is 5.78 Å². The Kier molecular flexibility index (Phi) is 9.77. The Hall–Kier alpha value is -3.23. The van der Waals surface area contributed by atoms with Crippen LogP contribution >= 0.6 is 0 Å². The summed E-state index contributed by atoms with van der Waals surface area (Å²) in [4.78, 5) is 40.4. The van der Waals surface area contributed by atoms with Crippen LogP contribution in [0.15, 0.2) is 59.4 Å². The van der Waals surface area contributed by atoms with E-state index in [4.69, 9.17) is 10.3 Å². The second-order valence-corrected chi connectivity index (χ2v) is 9.42. The molecule has 184 valence electrons. The first-order valence-electron chi connectivity index (χ1n) is 11.4. The van der Waals surface area contributed by atoms with Gasteiger partial charge in [0.2, 0.25) is 11.8 Å². The number of carbonyl (C=O) groups is 3. The summed E-state index contributed by atoms with van der Waals surface area (Å²) < 4.78 is 5.16. The number of allylic oxidation sites excluding steroid dienone is 1. The normalized spacial score (nSPS) is 15.2. The van der Waals surface area contributed by atoms with Crippen molar-refractivity contribution in [2.75, 3.05) is 0 Å². The third-order valence-corrected chi connectivity index (χ3v) is 5.88. The summed E-state index contributed by atoms with van der Waals surface area (Å²) >= 11 is 0. The number of benzene rings is 1. The summed E-state index contributed by atoms with van der Waals surface area (Å²) in [5, 5.41) is 9.72. The van der Waals surface area contributed by atoms with Crippen molar-refractivity contribution >= 4 is 23.7 Å². The van der Waals surface area contributed by atoms with Crippen LogP contribution in [0.5, 0.6) is 0 Å². The van der Waals surface area contributed by atoms with Crippen molar-refractivity contribution in [3.63, 3.8) is 0 Å². The molecule has 0 aliphatic heterocycles. The zero-order chi connectivity index (χ0) is 25.3. The van der Waals surface area contributed by atoms with E-state index in [0.717, 1.165) is 5.56 Å². The van der Waals surface area contributed by atoms with E-state index in [0.29, 0.717) is 0 Å². The Labute approximate surface area is 200 Å². The Morgan fingerprint density at radius 2 is 1.74 bits per heavy atom. The first kappa shape index (κ1) is 27.0. The summed E-state index contributed by atoms with van der Waals surface area (Å²) in [5.41, 5.74) is 3.46. The average molecular weight is 470 g/mol. The van der Waals surface area contributed by atoms with Crippen LogP contribution in [0, 0.1) is 29.1 Å². The van der Waals surface area contributed by atoms with E-state index in [1.54, 1.807) is 17.6 Å². The summed E-state index contributed by atoms with van der Waals surface area (Å²) in [6, 6.07) is 10.9. The molecule has 2 amide bonds. The number of carbonyl (C=O) groups excluding carboxylic acids is 3. The van der Waals surface area contributed by atoms with Crippen LogP contribution in [0.1, 0.15) is 56.5 Å². The number of amides is 2. The van der Waals surface area contributed by atoms with Crippen molar-refractivity contribution in [2.45, 2.75) is 40.5 Å². The molecule has 1 unspecified atom stereocenters. The molecule has 2 aromatic rings. The number of rotatable bonds is 12. The summed E-state index contributed by atoms with van der Waals surface area (Å²) in [6.07, 6.45) is 6.68. The fourth-order valence-electron chi connectivity index (χ4n) is 4.61. The second kappa shape index (κ2) is 12.3. The third kappa shape index (κ3) is 6.42. The molecule has 0 radical (unpaired) electrons. The van der Waals surface area contributed by atoms with Crippen LogP contribution in [0.25, 0.3) is 6.08 Å². The van der Waals surface area contributed by atoms with Gasteiger partial charge < -0.3 is 4.42 Å². The number of hydrogen-bond acceptors (Lipinski definition) is 6. The van der Waals surface area contributed by atoms with Gasteiger partial charge in [-0.05, 0) is 36.3 Å². The highest BCUT2D eigenvalue weighted by Crippen LogP contribution is 2.46. The van der Waals surface area contributed by atoms with Gasteiger partial charge in [0.05, 0.1) is 29.1 Å². The highest BCUT2D eigenvalue weighted by atomic mass is 16.5. The van der Waals surface area contributed by atoms with Gasteiger partial charge in [0, 0.05) is 0 Å². The molecular weight excluding hydrogens is 434 g/mol. The van der Waals surface area contributed by atoms with Crippen LogP contribution in [0.3, 0.4) is 0 Å². The molecule has 0 fully saturated rings. The number of nitrogens with one attached hydrogen (secondary N) is 2. The van der Waals surface area contributed by atoms with Crippen molar-refractivity contribution in [1.29, 1.82) is 0 Å². The Morgan fingerprint density at radius 1 is 1.06 bits per heavy atom. The monoisotopic (exact) mass is 469 g/mol. The number of Topliss-reactive ketones (excluding diaryl/α,β-unsaturated/α-hetero) is 1. The number of nitrogens with two attached hydrogens (primary N) is 1. The quantitative estimate of drug-likeness (QED) is 0.122. The lowest BCUT2D eigenvalue weighted by Crippen LogP contribution is -2.53. The maximum Gasteiger partial charge on any atom is 0.248 e. The minimum absolute atomic E-state index is 0.00942. The molecule has 1 aromatic heterocycles. The molecule has 0 saturated heterocycles. The lowest BCUT2D eigenvalue weighted by molar-refractivity contribution is -0.144. The molecule has 8 nitrogen and oxygen atoms in total. The molecule has 0 bridgehead atoms. The van der Waals surface area contributed by atoms with Crippen LogP contribution < -0.4 is 16.7 Å². The van der Waals surface area contributed by atoms with Gasteiger partial charge in [-0.25, -0.2) is 11.3 Å². The number of hydrazine groups is 1. The highest BCUT2D eigenvalue weighted by molar-refractivity contribution is 6.05. The first-order valence-corrected chi connectivity index (χ1v) is 11.4. The minimum Gasteiger partial charge on any atom is -0.472 e. The smallest absolute Gasteiger partial charge is 0.248 e. The average Bonchev–Trinajstić information content (AvgIpc) is 3.35. The standard InChI is InChI=1S/C26H35N3O5/c1-17(2)14-21(24(31)28-27)22(25(32)29-33)26(15-18(3)4,23(30)20-11-13-34-16-20)12-10-19-8-6-5-7-9-19/h5-13,16-18,21-22,33H,14-15,27H2,1-4H3,(H,28,31)(H,29,32)/b12-10+/t21-,22-,26?/m1/s1. The minimum atomic E-state index is -1.48. The van der Waals surface area contributed by atoms with Gasteiger partial charge in [-0.3, -0.25) is 25.0 Å². The Bertz CT molecular complexity index is 970. The molecule has 34 heavy (non-hydrogen) atoms. The maximum absolute atomic E-state index is 14.1. The van der Waals surface area contributed by atoms with Gasteiger partial charge in [0.1, 0.15) is 6.26 Å². The van der Waals surface area contributed by atoms with Crippen molar-refractivity contribution in [3.8, 4) is 0 Å². The van der Waals surface area contributed by atoms with E-state index in [2.05, 4.69) is 5.43 Å². The predicted octanol–water partition coefficient (Wildman–Crippen LogP) is 3.98. The number of hydrogen-bond donors (Lipinski definition) is 4. The molecule has 0 spiro atoms. The molecule has 1 aromatic carbocycles. The molecule has 0 aliphatic carbocycles. The Balaban J connectivity index is 2.85. The lowest BCUT2D eigenvalue weighted by atomic mass is 9.60. The van der Waals surface area contributed by atoms with Crippen molar-refractivity contribution in [2.24, 2.45) is 34.9 Å². The van der Waals surface area contributed by atoms with Crippen molar-refractivity contribution in [3.05, 3.63) is 66.1 Å². The van der Waals surface area contributed by atoms with Crippen molar-refractivity contribution in [1.82, 2.24) is 10.9 Å². The summed E-state index contributed by atoms with van der Waals surface area (Å²) in [7, 11) is 0. The highest BCUT2D eigenvalue weighted by Gasteiger charge is 2.53. The molecular formula is C26H35N3O5.